The quantitative estimate of drug-likeness (QED) is 0.678. The number of methoxy groups -OCH3 is 2. The van der Waals surface area contributed by atoms with Gasteiger partial charge in [0.05, 0.1) is 37.1 Å². The number of nitrogens with zero attached hydrogens (tertiary/aromatic N) is 1. The first kappa shape index (κ1) is 22.1. The molecule has 1 heterocycles. The van der Waals surface area contributed by atoms with E-state index in [1.807, 2.05) is 6.92 Å². The minimum absolute atomic E-state index is 0.0746. The van der Waals surface area contributed by atoms with Crippen LogP contribution in [0.15, 0.2) is 42.5 Å². The second-order valence-electron chi connectivity index (χ2n) is 7.23. The average molecular weight is 425 g/mol. The van der Waals surface area contributed by atoms with E-state index in [0.717, 1.165) is 6.42 Å². The summed E-state index contributed by atoms with van der Waals surface area (Å²) in [7, 11) is 3.07. The van der Waals surface area contributed by atoms with Crippen molar-refractivity contribution in [3.63, 3.8) is 0 Å². The minimum Gasteiger partial charge on any atom is -0.497 e. The summed E-state index contributed by atoms with van der Waals surface area (Å²) in [6.07, 6.45) is 0.889. The van der Waals surface area contributed by atoms with Crippen molar-refractivity contribution in [3.8, 4) is 11.5 Å². The summed E-state index contributed by atoms with van der Waals surface area (Å²) in [6.45, 7) is 2.74. The highest BCUT2D eigenvalue weighted by atomic mass is 16.5. The van der Waals surface area contributed by atoms with Gasteiger partial charge in [0, 0.05) is 25.6 Å². The number of carbonyl (C=O) groups is 3. The molecule has 1 saturated heterocycles. The SMILES string of the molecule is CCCNC(=O)c1ccccc1NC(=O)[C@H]1CC(=O)N(c2ccc(OC)cc2OC)C1. The minimum atomic E-state index is -0.550. The number of hydrogen-bond donors (Lipinski definition) is 2. The second-order valence-corrected chi connectivity index (χ2v) is 7.23. The molecule has 2 aromatic carbocycles. The van der Waals surface area contributed by atoms with E-state index in [0.29, 0.717) is 35.0 Å². The van der Waals surface area contributed by atoms with Gasteiger partial charge in [-0.25, -0.2) is 0 Å². The summed E-state index contributed by atoms with van der Waals surface area (Å²) in [4.78, 5) is 39.5. The van der Waals surface area contributed by atoms with Crippen molar-refractivity contribution >= 4 is 29.1 Å². The Kier molecular flexibility index (Phi) is 7.12. The summed E-state index contributed by atoms with van der Waals surface area (Å²) in [5.74, 6) is -0.168. The van der Waals surface area contributed by atoms with E-state index in [-0.39, 0.29) is 30.7 Å². The Labute approximate surface area is 181 Å². The largest absolute Gasteiger partial charge is 0.497 e. The maximum absolute atomic E-state index is 12.9. The molecule has 1 aliphatic rings. The molecule has 0 aliphatic carbocycles. The monoisotopic (exact) mass is 425 g/mol. The molecule has 8 heteroatoms. The van der Waals surface area contributed by atoms with E-state index < -0.39 is 5.92 Å². The molecule has 0 bridgehead atoms. The molecular formula is C23H27N3O5. The summed E-state index contributed by atoms with van der Waals surface area (Å²) >= 11 is 0. The van der Waals surface area contributed by atoms with Crippen molar-refractivity contribution in [3.05, 3.63) is 48.0 Å². The van der Waals surface area contributed by atoms with Gasteiger partial charge in [-0.1, -0.05) is 19.1 Å². The number of nitrogens with one attached hydrogen (secondary N) is 2. The van der Waals surface area contributed by atoms with Crippen LogP contribution in [0.2, 0.25) is 0 Å². The van der Waals surface area contributed by atoms with Crippen molar-refractivity contribution < 1.29 is 23.9 Å². The third-order valence-electron chi connectivity index (χ3n) is 5.14. The first-order chi connectivity index (χ1) is 15.0. The van der Waals surface area contributed by atoms with Crippen LogP contribution >= 0.6 is 0 Å². The Morgan fingerprint density at radius 2 is 1.90 bits per heavy atom. The molecule has 3 rings (SSSR count). The van der Waals surface area contributed by atoms with Gasteiger partial charge in [0.25, 0.3) is 5.91 Å². The number of benzene rings is 2. The van der Waals surface area contributed by atoms with E-state index in [2.05, 4.69) is 10.6 Å². The smallest absolute Gasteiger partial charge is 0.253 e. The van der Waals surface area contributed by atoms with Crippen molar-refractivity contribution in [1.29, 1.82) is 0 Å². The third kappa shape index (κ3) is 4.96. The fourth-order valence-electron chi connectivity index (χ4n) is 3.48. The summed E-state index contributed by atoms with van der Waals surface area (Å²) in [5, 5.41) is 5.63. The Hall–Kier alpha value is -3.55. The summed E-state index contributed by atoms with van der Waals surface area (Å²) in [5.41, 5.74) is 1.40. The van der Waals surface area contributed by atoms with Gasteiger partial charge in [0.2, 0.25) is 11.8 Å². The average Bonchev–Trinajstić information content (AvgIpc) is 3.18. The Balaban J connectivity index is 1.74. The first-order valence-electron chi connectivity index (χ1n) is 10.2. The fourth-order valence-corrected chi connectivity index (χ4v) is 3.48. The van der Waals surface area contributed by atoms with Gasteiger partial charge >= 0.3 is 0 Å². The van der Waals surface area contributed by atoms with Crippen LogP contribution in [0.4, 0.5) is 11.4 Å². The van der Waals surface area contributed by atoms with Crippen LogP contribution < -0.4 is 25.0 Å². The zero-order valence-corrected chi connectivity index (χ0v) is 17.9. The van der Waals surface area contributed by atoms with E-state index in [9.17, 15) is 14.4 Å². The molecule has 0 radical (unpaired) electrons. The molecule has 3 amide bonds. The van der Waals surface area contributed by atoms with Crippen molar-refractivity contribution in [2.75, 3.05) is 37.5 Å². The second kappa shape index (κ2) is 9.97. The van der Waals surface area contributed by atoms with Gasteiger partial charge in [-0.15, -0.1) is 0 Å². The number of amides is 3. The molecule has 1 fully saturated rings. The van der Waals surface area contributed by atoms with Crippen molar-refractivity contribution in [2.45, 2.75) is 19.8 Å². The van der Waals surface area contributed by atoms with Gasteiger partial charge < -0.3 is 25.0 Å². The van der Waals surface area contributed by atoms with Crippen LogP contribution in [0.3, 0.4) is 0 Å². The number of anilines is 2. The lowest BCUT2D eigenvalue weighted by molar-refractivity contribution is -0.122. The topological polar surface area (TPSA) is 97.0 Å². The molecular weight excluding hydrogens is 398 g/mol. The van der Waals surface area contributed by atoms with E-state index in [4.69, 9.17) is 9.47 Å². The highest BCUT2D eigenvalue weighted by Gasteiger charge is 2.36. The normalized spacial score (nSPS) is 15.5. The first-order valence-corrected chi connectivity index (χ1v) is 10.2. The Morgan fingerprint density at radius 1 is 1.13 bits per heavy atom. The Morgan fingerprint density at radius 3 is 2.61 bits per heavy atom. The van der Waals surface area contributed by atoms with Gasteiger partial charge in [-0.05, 0) is 30.7 Å². The molecule has 0 spiro atoms. The molecule has 1 atom stereocenters. The molecule has 0 saturated carbocycles. The van der Waals surface area contributed by atoms with Crippen LogP contribution in [0.25, 0.3) is 0 Å². The summed E-state index contributed by atoms with van der Waals surface area (Å²) in [6, 6.07) is 12.0. The molecule has 0 unspecified atom stereocenters. The predicted octanol–water partition coefficient (Wildman–Crippen LogP) is 2.84. The van der Waals surface area contributed by atoms with Gasteiger partial charge in [-0.3, -0.25) is 14.4 Å². The number of carbonyl (C=O) groups excluding carboxylic acids is 3. The highest BCUT2D eigenvalue weighted by Crippen LogP contribution is 2.36. The summed E-state index contributed by atoms with van der Waals surface area (Å²) < 4.78 is 10.6. The molecule has 0 aromatic heterocycles. The zero-order chi connectivity index (χ0) is 22.4. The zero-order valence-electron chi connectivity index (χ0n) is 17.9. The van der Waals surface area contributed by atoms with Crippen molar-refractivity contribution in [1.82, 2.24) is 5.32 Å². The Bertz CT molecular complexity index is 975. The maximum atomic E-state index is 12.9. The molecule has 1 aliphatic heterocycles. The third-order valence-corrected chi connectivity index (χ3v) is 5.14. The van der Waals surface area contributed by atoms with Crippen LogP contribution in [0.5, 0.6) is 11.5 Å². The molecule has 2 aromatic rings. The molecule has 2 N–H and O–H groups in total. The van der Waals surface area contributed by atoms with Gasteiger partial charge in [0.1, 0.15) is 11.5 Å². The lowest BCUT2D eigenvalue weighted by Crippen LogP contribution is -2.30. The van der Waals surface area contributed by atoms with E-state index in [1.165, 1.54) is 7.11 Å². The van der Waals surface area contributed by atoms with Crippen LogP contribution in [-0.4, -0.2) is 45.0 Å². The number of hydrogen-bond acceptors (Lipinski definition) is 5. The molecule has 31 heavy (non-hydrogen) atoms. The predicted molar refractivity (Wildman–Crippen MR) is 118 cm³/mol. The van der Waals surface area contributed by atoms with E-state index in [1.54, 1.807) is 54.5 Å². The number of para-hydroxylation sites is 1. The van der Waals surface area contributed by atoms with Crippen LogP contribution in [0.1, 0.15) is 30.1 Å². The van der Waals surface area contributed by atoms with Crippen molar-refractivity contribution in [2.24, 2.45) is 5.92 Å². The maximum Gasteiger partial charge on any atom is 0.253 e. The standard InChI is InChI=1S/C23H27N3O5/c1-4-11-24-23(29)17-7-5-6-8-18(17)25-22(28)15-12-21(27)26(14-15)19-10-9-16(30-2)13-20(19)31-3/h5-10,13,15H,4,11-12,14H2,1-3H3,(H,24,29)(H,25,28)/t15-/m0/s1. The van der Waals surface area contributed by atoms with Crippen LogP contribution in [-0.2, 0) is 9.59 Å². The highest BCUT2D eigenvalue weighted by molar-refractivity contribution is 6.07. The number of rotatable bonds is 8. The van der Waals surface area contributed by atoms with Gasteiger partial charge in [0.15, 0.2) is 0 Å². The lowest BCUT2D eigenvalue weighted by Gasteiger charge is -2.20. The van der Waals surface area contributed by atoms with Gasteiger partial charge in [-0.2, -0.15) is 0 Å². The van der Waals surface area contributed by atoms with Crippen LogP contribution in [0, 0.1) is 5.92 Å². The molecule has 164 valence electrons. The fraction of sp³-hybridized carbons (Fsp3) is 0.348. The lowest BCUT2D eigenvalue weighted by atomic mass is 10.1. The molecule has 8 nitrogen and oxygen atoms in total. The number of ether oxygens (including phenoxy) is 2. The van der Waals surface area contributed by atoms with E-state index >= 15 is 0 Å².